The SMILES string of the molecule is CC1(n2cccc2)c2ccccc2-c2[nH]c(=O)c3nccn3c21. The minimum atomic E-state index is -0.404. The number of aromatic amines is 1. The molecule has 0 amide bonds. The summed E-state index contributed by atoms with van der Waals surface area (Å²) in [5.74, 6) is 0. The van der Waals surface area contributed by atoms with Crippen molar-refractivity contribution in [1.29, 1.82) is 0 Å². The Hall–Kier alpha value is -3.08. The Morgan fingerprint density at radius 2 is 1.87 bits per heavy atom. The van der Waals surface area contributed by atoms with Crippen molar-refractivity contribution < 1.29 is 0 Å². The summed E-state index contributed by atoms with van der Waals surface area (Å²) in [5.41, 5.74) is 3.98. The van der Waals surface area contributed by atoms with Gasteiger partial charge < -0.3 is 9.55 Å². The summed E-state index contributed by atoms with van der Waals surface area (Å²) in [7, 11) is 0. The maximum Gasteiger partial charge on any atom is 0.292 e. The third kappa shape index (κ3) is 1.37. The molecule has 0 spiro atoms. The second kappa shape index (κ2) is 4.01. The molecule has 1 aliphatic carbocycles. The lowest BCUT2D eigenvalue weighted by Gasteiger charge is -2.29. The van der Waals surface area contributed by atoms with Gasteiger partial charge in [0, 0.05) is 30.4 Å². The molecule has 1 atom stereocenters. The van der Waals surface area contributed by atoms with Crippen LogP contribution >= 0.6 is 0 Å². The first-order valence-electron chi connectivity index (χ1n) is 7.54. The fourth-order valence-corrected chi connectivity index (χ4v) is 3.82. The van der Waals surface area contributed by atoms with Gasteiger partial charge >= 0.3 is 0 Å². The van der Waals surface area contributed by atoms with E-state index in [1.54, 1.807) is 6.20 Å². The molecule has 5 nitrogen and oxygen atoms in total. The van der Waals surface area contributed by atoms with Crippen LogP contribution in [0.1, 0.15) is 18.2 Å². The molecule has 5 rings (SSSR count). The molecule has 0 saturated carbocycles. The Labute approximate surface area is 131 Å². The summed E-state index contributed by atoms with van der Waals surface area (Å²) in [6.45, 7) is 2.18. The van der Waals surface area contributed by atoms with E-state index in [2.05, 4.69) is 46.0 Å². The second-order valence-electron chi connectivity index (χ2n) is 6.01. The van der Waals surface area contributed by atoms with E-state index in [1.807, 2.05) is 34.9 Å². The highest BCUT2D eigenvalue weighted by Gasteiger charge is 2.43. The van der Waals surface area contributed by atoms with Crippen molar-refractivity contribution in [2.24, 2.45) is 0 Å². The standard InChI is InChI=1S/C18H14N4O/c1-18(21-9-4-5-10-21)13-7-3-2-6-12(13)14-15(18)22-11-8-19-16(22)17(23)20-14/h2-11H,1H3,(H,20,23). The van der Waals surface area contributed by atoms with Gasteiger partial charge in [0.05, 0.1) is 11.4 Å². The fraction of sp³-hybridized carbons (Fsp3) is 0.111. The monoisotopic (exact) mass is 302 g/mol. The number of nitrogens with one attached hydrogen (secondary N) is 1. The van der Waals surface area contributed by atoms with Gasteiger partial charge in [0.1, 0.15) is 5.54 Å². The van der Waals surface area contributed by atoms with Gasteiger partial charge in [-0.05, 0) is 24.6 Å². The average Bonchev–Trinajstić information content (AvgIpc) is 3.28. The molecule has 0 fully saturated rings. The van der Waals surface area contributed by atoms with Crippen molar-refractivity contribution in [3.05, 3.63) is 82.8 Å². The van der Waals surface area contributed by atoms with Crippen molar-refractivity contribution in [2.45, 2.75) is 12.5 Å². The number of H-pyrrole nitrogens is 1. The molecule has 112 valence electrons. The van der Waals surface area contributed by atoms with Crippen LogP contribution in [0.5, 0.6) is 0 Å². The highest BCUT2D eigenvalue weighted by atomic mass is 16.1. The van der Waals surface area contributed by atoms with Gasteiger partial charge in [-0.25, -0.2) is 4.98 Å². The first kappa shape index (κ1) is 12.5. The molecule has 0 radical (unpaired) electrons. The summed E-state index contributed by atoms with van der Waals surface area (Å²) in [6, 6.07) is 12.2. The Kier molecular flexibility index (Phi) is 2.17. The van der Waals surface area contributed by atoms with Gasteiger partial charge in [-0.3, -0.25) is 9.20 Å². The Morgan fingerprint density at radius 1 is 1.09 bits per heavy atom. The maximum absolute atomic E-state index is 12.4. The molecule has 3 aromatic heterocycles. The summed E-state index contributed by atoms with van der Waals surface area (Å²) in [5, 5.41) is 0. The zero-order valence-electron chi connectivity index (χ0n) is 12.5. The second-order valence-corrected chi connectivity index (χ2v) is 6.01. The zero-order valence-corrected chi connectivity index (χ0v) is 12.5. The fourth-order valence-electron chi connectivity index (χ4n) is 3.82. The molecule has 0 saturated heterocycles. The highest BCUT2D eigenvalue weighted by molar-refractivity contribution is 5.77. The van der Waals surface area contributed by atoms with Crippen LogP contribution in [-0.2, 0) is 5.54 Å². The van der Waals surface area contributed by atoms with Crippen LogP contribution < -0.4 is 5.56 Å². The van der Waals surface area contributed by atoms with Gasteiger partial charge in [0.25, 0.3) is 5.56 Å². The van der Waals surface area contributed by atoms with E-state index in [0.717, 1.165) is 17.0 Å². The lowest BCUT2D eigenvalue weighted by Crippen LogP contribution is -2.32. The Bertz CT molecular complexity index is 1100. The van der Waals surface area contributed by atoms with Crippen LogP contribution in [0.3, 0.4) is 0 Å². The van der Waals surface area contributed by atoms with Crippen LogP contribution in [-0.4, -0.2) is 18.9 Å². The van der Waals surface area contributed by atoms with Gasteiger partial charge in [-0.1, -0.05) is 24.3 Å². The third-order valence-corrected chi connectivity index (χ3v) is 4.86. The summed E-state index contributed by atoms with van der Waals surface area (Å²) < 4.78 is 4.09. The lowest BCUT2D eigenvalue weighted by molar-refractivity contribution is 0.470. The van der Waals surface area contributed by atoms with E-state index in [-0.39, 0.29) is 5.56 Å². The van der Waals surface area contributed by atoms with E-state index in [1.165, 1.54) is 5.56 Å². The Morgan fingerprint density at radius 3 is 2.70 bits per heavy atom. The first-order valence-corrected chi connectivity index (χ1v) is 7.54. The van der Waals surface area contributed by atoms with Crippen molar-refractivity contribution in [2.75, 3.05) is 0 Å². The highest BCUT2D eigenvalue weighted by Crippen LogP contribution is 2.48. The quantitative estimate of drug-likeness (QED) is 0.587. The molecule has 0 bridgehead atoms. The number of hydrogen-bond acceptors (Lipinski definition) is 2. The van der Waals surface area contributed by atoms with E-state index < -0.39 is 5.54 Å². The van der Waals surface area contributed by atoms with Crippen LogP contribution in [0, 0.1) is 0 Å². The van der Waals surface area contributed by atoms with Crippen molar-refractivity contribution in [3.8, 4) is 11.3 Å². The first-order chi connectivity index (χ1) is 11.2. The number of fused-ring (bicyclic) bond motifs is 5. The molecule has 4 aromatic rings. The van der Waals surface area contributed by atoms with E-state index in [4.69, 9.17) is 0 Å². The summed E-state index contributed by atoms with van der Waals surface area (Å²) >= 11 is 0. The average molecular weight is 302 g/mol. The molecule has 23 heavy (non-hydrogen) atoms. The van der Waals surface area contributed by atoms with E-state index >= 15 is 0 Å². The van der Waals surface area contributed by atoms with Crippen molar-refractivity contribution in [1.82, 2.24) is 18.9 Å². The molecular formula is C18H14N4O. The number of benzene rings is 1. The minimum absolute atomic E-state index is 0.166. The van der Waals surface area contributed by atoms with E-state index in [0.29, 0.717) is 5.65 Å². The van der Waals surface area contributed by atoms with E-state index in [9.17, 15) is 4.79 Å². The van der Waals surface area contributed by atoms with Gasteiger partial charge in [-0.2, -0.15) is 0 Å². The van der Waals surface area contributed by atoms with Crippen LogP contribution in [0.4, 0.5) is 0 Å². The predicted octanol–water partition coefficient (Wildman–Crippen LogP) is 2.62. The lowest BCUT2D eigenvalue weighted by atomic mass is 9.92. The number of imidazole rings is 1. The largest absolute Gasteiger partial charge is 0.339 e. The molecule has 3 heterocycles. The number of aromatic nitrogens is 4. The number of rotatable bonds is 1. The van der Waals surface area contributed by atoms with Gasteiger partial charge in [0.15, 0.2) is 0 Å². The predicted molar refractivity (Wildman–Crippen MR) is 87.5 cm³/mol. The minimum Gasteiger partial charge on any atom is -0.339 e. The number of nitrogens with zero attached hydrogens (tertiary/aromatic N) is 3. The number of hydrogen-bond donors (Lipinski definition) is 1. The molecule has 0 aliphatic heterocycles. The molecule has 1 unspecified atom stereocenters. The topological polar surface area (TPSA) is 55.1 Å². The van der Waals surface area contributed by atoms with Crippen molar-refractivity contribution in [3.63, 3.8) is 0 Å². The molecule has 5 heteroatoms. The van der Waals surface area contributed by atoms with Crippen molar-refractivity contribution >= 4 is 5.65 Å². The molecule has 1 aromatic carbocycles. The molecular weight excluding hydrogens is 288 g/mol. The van der Waals surface area contributed by atoms with Gasteiger partial charge in [-0.15, -0.1) is 0 Å². The normalized spacial score (nSPS) is 19.0. The summed E-state index contributed by atoms with van der Waals surface area (Å²) in [4.78, 5) is 19.6. The van der Waals surface area contributed by atoms with Gasteiger partial charge in [0.2, 0.25) is 5.65 Å². The smallest absolute Gasteiger partial charge is 0.292 e. The van der Waals surface area contributed by atoms with Crippen LogP contribution in [0.15, 0.2) is 66.0 Å². The zero-order chi connectivity index (χ0) is 15.6. The maximum atomic E-state index is 12.4. The van der Waals surface area contributed by atoms with Crippen LogP contribution in [0.2, 0.25) is 0 Å². The molecule has 1 aliphatic rings. The summed E-state index contributed by atoms with van der Waals surface area (Å²) in [6.07, 6.45) is 7.64. The van der Waals surface area contributed by atoms with Crippen LogP contribution in [0.25, 0.3) is 16.9 Å². The molecule has 1 N–H and O–H groups in total. The Balaban J connectivity index is 2.03. The third-order valence-electron chi connectivity index (χ3n) is 4.86.